The smallest absolute Gasteiger partial charge is 0.320 e. The second kappa shape index (κ2) is 7.87. The first-order chi connectivity index (χ1) is 12.8. The summed E-state index contributed by atoms with van der Waals surface area (Å²) >= 11 is 1.47. The highest BCUT2D eigenvalue weighted by atomic mass is 32.2. The lowest BCUT2D eigenvalue weighted by Gasteiger charge is -2.18. The molecule has 9 heteroatoms. The number of carbonyl (C=O) groups excluding carboxylic acids is 1. The maximum atomic E-state index is 13.2. The molecule has 1 atom stereocenters. The molecule has 0 aliphatic rings. The third-order valence-corrected chi connectivity index (χ3v) is 5.61. The van der Waals surface area contributed by atoms with Crippen LogP contribution in [0.2, 0.25) is 0 Å². The lowest BCUT2D eigenvalue weighted by atomic mass is 10.1. The first kappa shape index (κ1) is 19.0. The summed E-state index contributed by atoms with van der Waals surface area (Å²) in [6, 6.07) is 14.2. The Labute approximate surface area is 159 Å². The van der Waals surface area contributed by atoms with Gasteiger partial charge in [-0.2, -0.15) is 0 Å². The van der Waals surface area contributed by atoms with Crippen molar-refractivity contribution in [2.24, 2.45) is 5.14 Å². The van der Waals surface area contributed by atoms with E-state index in [0.29, 0.717) is 5.69 Å². The number of primary sulfonamides is 1. The van der Waals surface area contributed by atoms with Crippen LogP contribution in [0, 0.1) is 5.82 Å². The number of hydrogen-bond donors (Lipinski definition) is 3. The van der Waals surface area contributed by atoms with Gasteiger partial charge in [-0.15, -0.1) is 11.3 Å². The quantitative estimate of drug-likeness (QED) is 0.606. The summed E-state index contributed by atoms with van der Waals surface area (Å²) in [6.07, 6.45) is 0. The van der Waals surface area contributed by atoms with Crippen LogP contribution in [0.1, 0.15) is 16.5 Å². The van der Waals surface area contributed by atoms with Crippen LogP contribution in [0.15, 0.2) is 70.9 Å². The lowest BCUT2D eigenvalue weighted by Crippen LogP contribution is -2.32. The number of thiophene rings is 1. The molecule has 0 saturated carbocycles. The minimum absolute atomic E-state index is 0.0452. The number of sulfonamides is 1. The van der Waals surface area contributed by atoms with Gasteiger partial charge in [0.05, 0.1) is 10.9 Å². The molecule has 0 fully saturated rings. The van der Waals surface area contributed by atoms with Gasteiger partial charge in [-0.05, 0) is 53.4 Å². The Morgan fingerprint density at radius 2 is 1.70 bits per heavy atom. The van der Waals surface area contributed by atoms with Crippen molar-refractivity contribution in [2.45, 2.75) is 10.9 Å². The molecule has 1 aromatic heterocycles. The van der Waals surface area contributed by atoms with Gasteiger partial charge in [-0.1, -0.05) is 18.2 Å². The largest absolute Gasteiger partial charge is 0.326 e. The van der Waals surface area contributed by atoms with Crippen LogP contribution in [-0.2, 0) is 10.0 Å². The van der Waals surface area contributed by atoms with Gasteiger partial charge in [-0.3, -0.25) is 0 Å². The highest BCUT2D eigenvalue weighted by Crippen LogP contribution is 2.26. The molecule has 4 N–H and O–H groups in total. The molecule has 3 rings (SSSR count). The SMILES string of the molecule is NS(=O)(=O)c1ccc(NC(=O)N[C@@H](c2ccc(F)cc2)c2cccs2)cc1. The number of carbonyl (C=O) groups is 1. The standard InChI is InChI=1S/C18H16FN3O3S2/c19-13-5-3-12(4-6-13)17(16-2-1-11-26-16)22-18(23)21-14-7-9-15(10-8-14)27(20,24)25/h1-11,17H,(H2,20,24,25)(H2,21,22,23)/t17-/m0/s1. The van der Waals surface area contributed by atoms with E-state index >= 15 is 0 Å². The van der Waals surface area contributed by atoms with Gasteiger partial charge in [0.1, 0.15) is 5.82 Å². The van der Waals surface area contributed by atoms with E-state index in [1.54, 1.807) is 12.1 Å². The molecule has 0 saturated heterocycles. The van der Waals surface area contributed by atoms with Crippen LogP contribution < -0.4 is 15.8 Å². The zero-order valence-electron chi connectivity index (χ0n) is 13.9. The van der Waals surface area contributed by atoms with E-state index in [4.69, 9.17) is 5.14 Å². The molecule has 140 valence electrons. The molecule has 1 heterocycles. The number of rotatable bonds is 5. The second-order valence-corrected chi connectivity index (χ2v) is 8.21. The van der Waals surface area contributed by atoms with Crippen LogP contribution in [0.3, 0.4) is 0 Å². The topological polar surface area (TPSA) is 101 Å². The molecule has 27 heavy (non-hydrogen) atoms. The Hall–Kier alpha value is -2.75. The number of nitrogens with one attached hydrogen (secondary N) is 2. The molecule has 6 nitrogen and oxygen atoms in total. The van der Waals surface area contributed by atoms with Crippen LogP contribution in [0.5, 0.6) is 0 Å². The number of halogens is 1. The Morgan fingerprint density at radius 3 is 2.26 bits per heavy atom. The summed E-state index contributed by atoms with van der Waals surface area (Å²) in [5.74, 6) is -0.358. The zero-order chi connectivity index (χ0) is 19.4. The van der Waals surface area contributed by atoms with Crippen molar-refractivity contribution in [3.8, 4) is 0 Å². The monoisotopic (exact) mass is 405 g/mol. The maximum Gasteiger partial charge on any atom is 0.320 e. The molecule has 0 aliphatic heterocycles. The van der Waals surface area contributed by atoms with Crippen molar-refractivity contribution in [3.05, 3.63) is 82.3 Å². The summed E-state index contributed by atoms with van der Waals surface area (Å²) in [4.78, 5) is 13.3. The van der Waals surface area contributed by atoms with Gasteiger partial charge in [0.25, 0.3) is 0 Å². The van der Waals surface area contributed by atoms with Gasteiger partial charge in [0.2, 0.25) is 10.0 Å². The van der Waals surface area contributed by atoms with E-state index < -0.39 is 22.1 Å². The zero-order valence-corrected chi connectivity index (χ0v) is 15.6. The van der Waals surface area contributed by atoms with E-state index in [-0.39, 0.29) is 10.7 Å². The lowest BCUT2D eigenvalue weighted by molar-refractivity contribution is 0.250. The molecule has 0 unspecified atom stereocenters. The minimum atomic E-state index is -3.79. The predicted molar refractivity (Wildman–Crippen MR) is 103 cm³/mol. The number of urea groups is 1. The molecule has 2 aromatic carbocycles. The molecule has 2 amide bonds. The first-order valence-electron chi connectivity index (χ1n) is 7.82. The number of benzene rings is 2. The summed E-state index contributed by atoms with van der Waals surface area (Å²) in [5, 5.41) is 12.4. The van der Waals surface area contributed by atoms with Crippen molar-refractivity contribution in [2.75, 3.05) is 5.32 Å². The fourth-order valence-electron chi connectivity index (χ4n) is 2.46. The van der Waals surface area contributed by atoms with E-state index in [1.165, 1.54) is 47.7 Å². The van der Waals surface area contributed by atoms with Gasteiger partial charge >= 0.3 is 6.03 Å². The van der Waals surface area contributed by atoms with Gasteiger partial charge in [0, 0.05) is 10.6 Å². The maximum absolute atomic E-state index is 13.2. The van der Waals surface area contributed by atoms with Crippen molar-refractivity contribution in [3.63, 3.8) is 0 Å². The molecular weight excluding hydrogens is 389 g/mol. The Morgan fingerprint density at radius 1 is 1.04 bits per heavy atom. The fraction of sp³-hybridized carbons (Fsp3) is 0.0556. The Kier molecular flexibility index (Phi) is 5.54. The van der Waals surface area contributed by atoms with Crippen LogP contribution in [0.4, 0.5) is 14.9 Å². The van der Waals surface area contributed by atoms with E-state index in [2.05, 4.69) is 10.6 Å². The summed E-state index contributed by atoms with van der Waals surface area (Å²) in [5.41, 5.74) is 1.14. The van der Waals surface area contributed by atoms with Crippen molar-refractivity contribution in [1.29, 1.82) is 0 Å². The van der Waals surface area contributed by atoms with Crippen LogP contribution in [0.25, 0.3) is 0 Å². The number of anilines is 1. The number of hydrogen-bond acceptors (Lipinski definition) is 4. The normalized spacial score (nSPS) is 12.4. The highest BCUT2D eigenvalue weighted by molar-refractivity contribution is 7.89. The van der Waals surface area contributed by atoms with Crippen molar-refractivity contribution in [1.82, 2.24) is 5.32 Å². The second-order valence-electron chi connectivity index (χ2n) is 5.67. The fourth-order valence-corrected chi connectivity index (χ4v) is 3.77. The van der Waals surface area contributed by atoms with Gasteiger partial charge in [-0.25, -0.2) is 22.7 Å². The molecular formula is C18H16FN3O3S2. The first-order valence-corrected chi connectivity index (χ1v) is 10.2. The highest BCUT2D eigenvalue weighted by Gasteiger charge is 2.18. The Bertz CT molecular complexity index is 1020. The van der Waals surface area contributed by atoms with Crippen LogP contribution in [-0.4, -0.2) is 14.4 Å². The summed E-state index contributed by atoms with van der Waals surface area (Å²) in [6.45, 7) is 0. The minimum Gasteiger partial charge on any atom is -0.326 e. The summed E-state index contributed by atoms with van der Waals surface area (Å²) < 4.78 is 35.8. The van der Waals surface area contributed by atoms with E-state index in [1.807, 2.05) is 17.5 Å². The van der Waals surface area contributed by atoms with Crippen molar-refractivity contribution >= 4 is 33.1 Å². The average Bonchev–Trinajstić information content (AvgIpc) is 3.14. The van der Waals surface area contributed by atoms with Crippen molar-refractivity contribution < 1.29 is 17.6 Å². The summed E-state index contributed by atoms with van der Waals surface area (Å²) in [7, 11) is -3.79. The predicted octanol–water partition coefficient (Wildman–Crippen LogP) is 3.45. The van der Waals surface area contributed by atoms with Gasteiger partial charge < -0.3 is 10.6 Å². The molecule has 3 aromatic rings. The molecule has 0 radical (unpaired) electrons. The third kappa shape index (κ3) is 4.91. The number of amides is 2. The molecule has 0 spiro atoms. The van der Waals surface area contributed by atoms with E-state index in [0.717, 1.165) is 10.4 Å². The number of nitrogens with two attached hydrogens (primary N) is 1. The third-order valence-electron chi connectivity index (χ3n) is 3.75. The van der Waals surface area contributed by atoms with E-state index in [9.17, 15) is 17.6 Å². The van der Waals surface area contributed by atoms with Gasteiger partial charge in [0.15, 0.2) is 0 Å². The Balaban J connectivity index is 1.76. The van der Waals surface area contributed by atoms with Crippen LogP contribution >= 0.6 is 11.3 Å². The average molecular weight is 405 g/mol. The molecule has 0 bridgehead atoms. The molecule has 0 aliphatic carbocycles.